The molecule has 0 spiro atoms. The zero-order valence-electron chi connectivity index (χ0n) is 18.9. The van der Waals surface area contributed by atoms with E-state index in [-0.39, 0.29) is 5.91 Å². The zero-order chi connectivity index (χ0) is 22.8. The Bertz CT molecular complexity index is 1090. The number of rotatable bonds is 6. The van der Waals surface area contributed by atoms with Crippen LogP contribution in [0.5, 0.6) is 0 Å². The molecule has 2 aliphatic heterocycles. The summed E-state index contributed by atoms with van der Waals surface area (Å²) in [4.78, 5) is 36.3. The van der Waals surface area contributed by atoms with E-state index in [9.17, 15) is 4.79 Å². The van der Waals surface area contributed by atoms with Crippen LogP contribution in [0.2, 0.25) is 0 Å². The summed E-state index contributed by atoms with van der Waals surface area (Å²) in [6.07, 6.45) is 4.16. The first-order valence-corrected chi connectivity index (χ1v) is 12.1. The smallest absolute Gasteiger partial charge is 0.251 e. The SMILES string of the molecule is CC1=CC(Nc2nc(Sc3ccc(C(=O)NC4CC4)cc3)nc(N3CCN(C)CC3)n2)=NC1. The second-order valence-corrected chi connectivity index (χ2v) is 9.76. The van der Waals surface area contributed by atoms with Crippen LogP contribution in [0.15, 0.2) is 51.0 Å². The van der Waals surface area contributed by atoms with Gasteiger partial charge in [0, 0.05) is 42.7 Å². The number of amidine groups is 1. The lowest BCUT2D eigenvalue weighted by Gasteiger charge is -2.32. The molecule has 3 heterocycles. The number of nitrogens with zero attached hydrogens (tertiary/aromatic N) is 6. The summed E-state index contributed by atoms with van der Waals surface area (Å²) in [6.45, 7) is 6.42. The molecule has 10 heteroatoms. The lowest BCUT2D eigenvalue weighted by Crippen LogP contribution is -2.45. The Hall–Kier alpha value is -2.98. The third-order valence-electron chi connectivity index (χ3n) is 5.75. The van der Waals surface area contributed by atoms with Crippen molar-refractivity contribution in [2.45, 2.75) is 35.9 Å². The molecular weight excluding hydrogens is 436 g/mol. The number of aliphatic imine (C=N–C) groups is 1. The molecular formula is C23H28N8OS. The molecule has 1 saturated heterocycles. The van der Waals surface area contributed by atoms with Gasteiger partial charge in [-0.3, -0.25) is 9.79 Å². The predicted molar refractivity (Wildman–Crippen MR) is 130 cm³/mol. The fraction of sp³-hybridized carbons (Fsp3) is 0.435. The molecule has 0 radical (unpaired) electrons. The summed E-state index contributed by atoms with van der Waals surface area (Å²) >= 11 is 1.46. The molecule has 2 fully saturated rings. The molecule has 1 aromatic carbocycles. The van der Waals surface area contributed by atoms with Gasteiger partial charge in [-0.2, -0.15) is 15.0 Å². The second kappa shape index (κ2) is 9.48. The van der Waals surface area contributed by atoms with Gasteiger partial charge in [0.15, 0.2) is 5.16 Å². The van der Waals surface area contributed by atoms with E-state index in [2.05, 4.69) is 49.4 Å². The van der Waals surface area contributed by atoms with Crippen molar-refractivity contribution in [2.75, 3.05) is 50.0 Å². The first kappa shape index (κ1) is 21.8. The molecule has 9 nitrogen and oxygen atoms in total. The predicted octanol–water partition coefficient (Wildman–Crippen LogP) is 2.44. The highest BCUT2D eigenvalue weighted by atomic mass is 32.2. The van der Waals surface area contributed by atoms with Crippen LogP contribution in [0.4, 0.5) is 11.9 Å². The molecule has 3 aliphatic rings. The van der Waals surface area contributed by atoms with Gasteiger partial charge in [-0.15, -0.1) is 0 Å². The van der Waals surface area contributed by atoms with Crippen LogP contribution in [0, 0.1) is 0 Å². The van der Waals surface area contributed by atoms with Crippen molar-refractivity contribution in [1.29, 1.82) is 0 Å². The van der Waals surface area contributed by atoms with Crippen molar-refractivity contribution in [3.8, 4) is 0 Å². The van der Waals surface area contributed by atoms with Gasteiger partial charge in [0.2, 0.25) is 11.9 Å². The van der Waals surface area contributed by atoms with E-state index in [1.54, 1.807) is 0 Å². The van der Waals surface area contributed by atoms with E-state index < -0.39 is 0 Å². The summed E-state index contributed by atoms with van der Waals surface area (Å²) in [7, 11) is 2.13. The Balaban J connectivity index is 1.35. The first-order chi connectivity index (χ1) is 16.0. The lowest BCUT2D eigenvalue weighted by molar-refractivity contribution is 0.0951. The molecule has 2 aromatic rings. The maximum absolute atomic E-state index is 12.3. The molecule has 1 aliphatic carbocycles. The van der Waals surface area contributed by atoms with Gasteiger partial charge in [-0.25, -0.2) is 0 Å². The average Bonchev–Trinajstić information content (AvgIpc) is 3.53. The summed E-state index contributed by atoms with van der Waals surface area (Å²) in [6, 6.07) is 7.92. The number of carbonyl (C=O) groups excluding carboxylic acids is 1. The van der Waals surface area contributed by atoms with E-state index in [1.165, 1.54) is 17.3 Å². The Morgan fingerprint density at radius 3 is 2.48 bits per heavy atom. The highest BCUT2D eigenvalue weighted by Crippen LogP contribution is 2.28. The molecule has 1 aromatic heterocycles. The Labute approximate surface area is 197 Å². The number of piperazine rings is 1. The van der Waals surface area contributed by atoms with Crippen LogP contribution in [0.1, 0.15) is 30.1 Å². The number of carbonyl (C=O) groups is 1. The molecule has 1 saturated carbocycles. The largest absolute Gasteiger partial charge is 0.349 e. The maximum Gasteiger partial charge on any atom is 0.251 e. The van der Waals surface area contributed by atoms with Crippen LogP contribution in [0.25, 0.3) is 0 Å². The topological polar surface area (TPSA) is 98.6 Å². The number of amides is 1. The Morgan fingerprint density at radius 1 is 1.06 bits per heavy atom. The molecule has 1 amide bonds. The highest BCUT2D eigenvalue weighted by Gasteiger charge is 2.24. The molecule has 172 valence electrons. The van der Waals surface area contributed by atoms with Crippen molar-refractivity contribution in [3.05, 3.63) is 41.5 Å². The summed E-state index contributed by atoms with van der Waals surface area (Å²) in [5.74, 6) is 1.91. The van der Waals surface area contributed by atoms with E-state index in [0.717, 1.165) is 49.8 Å². The van der Waals surface area contributed by atoms with Crippen LogP contribution < -0.4 is 15.5 Å². The number of hydrogen-bond acceptors (Lipinski definition) is 9. The average molecular weight is 465 g/mol. The van der Waals surface area contributed by atoms with Crippen LogP contribution >= 0.6 is 11.8 Å². The third-order valence-corrected chi connectivity index (χ3v) is 6.62. The van der Waals surface area contributed by atoms with Gasteiger partial charge in [0.25, 0.3) is 5.91 Å². The lowest BCUT2D eigenvalue weighted by atomic mass is 10.2. The Morgan fingerprint density at radius 2 is 1.82 bits per heavy atom. The fourth-order valence-corrected chi connectivity index (χ4v) is 4.34. The molecule has 0 atom stereocenters. The van der Waals surface area contributed by atoms with Crippen LogP contribution in [-0.2, 0) is 0 Å². The van der Waals surface area contributed by atoms with Crippen molar-refractivity contribution in [3.63, 3.8) is 0 Å². The van der Waals surface area contributed by atoms with Gasteiger partial charge in [-0.05, 0) is 74.5 Å². The van der Waals surface area contributed by atoms with Crippen molar-refractivity contribution < 1.29 is 4.79 Å². The molecule has 0 unspecified atom stereocenters. The van der Waals surface area contributed by atoms with Crippen molar-refractivity contribution >= 4 is 35.4 Å². The first-order valence-electron chi connectivity index (χ1n) is 11.3. The minimum atomic E-state index is -0.0151. The minimum absolute atomic E-state index is 0.0151. The van der Waals surface area contributed by atoms with Gasteiger partial charge < -0.3 is 20.4 Å². The quantitative estimate of drug-likeness (QED) is 0.673. The van der Waals surface area contributed by atoms with Gasteiger partial charge >= 0.3 is 0 Å². The highest BCUT2D eigenvalue weighted by molar-refractivity contribution is 7.99. The fourth-order valence-electron chi connectivity index (χ4n) is 3.60. The van der Waals surface area contributed by atoms with Crippen molar-refractivity contribution in [2.24, 2.45) is 4.99 Å². The standard InChI is InChI=1S/C23H28N8OS/c1-15-13-19(24-14-15)26-21-27-22(31-11-9-30(2)10-12-31)29-23(28-21)33-18-7-3-16(4-8-18)20(32)25-17-5-6-17/h3-4,7-8,13,17H,5-6,9-12,14H2,1-2H3,(H,25,32)(H,24,26,27,28,29). The summed E-state index contributed by atoms with van der Waals surface area (Å²) in [5.41, 5.74) is 1.87. The summed E-state index contributed by atoms with van der Waals surface area (Å²) < 4.78 is 0. The normalized spacial score (nSPS) is 18.7. The zero-order valence-corrected chi connectivity index (χ0v) is 19.7. The third kappa shape index (κ3) is 5.69. The van der Waals surface area contributed by atoms with Gasteiger partial charge in [-0.1, -0.05) is 0 Å². The van der Waals surface area contributed by atoms with E-state index >= 15 is 0 Å². The number of likely N-dealkylation sites (N-methyl/N-ethyl adjacent to an activating group) is 1. The van der Waals surface area contributed by atoms with Crippen LogP contribution in [0.3, 0.4) is 0 Å². The Kier molecular flexibility index (Phi) is 6.28. The van der Waals surface area contributed by atoms with E-state index in [0.29, 0.717) is 35.2 Å². The molecule has 0 bridgehead atoms. The summed E-state index contributed by atoms with van der Waals surface area (Å²) in [5, 5.41) is 6.87. The number of nitrogens with one attached hydrogen (secondary N) is 2. The second-order valence-electron chi connectivity index (χ2n) is 8.72. The van der Waals surface area contributed by atoms with E-state index in [4.69, 9.17) is 4.98 Å². The number of aromatic nitrogens is 3. The number of anilines is 2. The van der Waals surface area contributed by atoms with Crippen molar-refractivity contribution in [1.82, 2.24) is 25.2 Å². The molecule has 2 N–H and O–H groups in total. The monoisotopic (exact) mass is 464 g/mol. The van der Waals surface area contributed by atoms with Crippen LogP contribution in [-0.4, -0.2) is 77.4 Å². The van der Waals surface area contributed by atoms with Gasteiger partial charge in [0.05, 0.1) is 6.54 Å². The van der Waals surface area contributed by atoms with E-state index in [1.807, 2.05) is 30.3 Å². The number of hydrogen-bond donors (Lipinski definition) is 2. The molecule has 33 heavy (non-hydrogen) atoms. The number of benzene rings is 1. The minimum Gasteiger partial charge on any atom is -0.349 e. The molecule has 5 rings (SSSR count). The maximum atomic E-state index is 12.3. The van der Waals surface area contributed by atoms with Gasteiger partial charge in [0.1, 0.15) is 5.84 Å².